The van der Waals surface area contributed by atoms with Gasteiger partial charge in [-0.05, 0) is 31.5 Å². The third kappa shape index (κ3) is 2.55. The lowest BCUT2D eigenvalue weighted by Gasteiger charge is -2.35. The molecule has 1 saturated heterocycles. The smallest absolute Gasteiger partial charge is 0.334 e. The van der Waals surface area contributed by atoms with Crippen LogP contribution >= 0.6 is 0 Å². The Kier molecular flexibility index (Phi) is 3.58. The number of amides is 1. The number of benzene rings is 1. The zero-order chi connectivity index (χ0) is 15.9. The highest BCUT2D eigenvalue weighted by Gasteiger charge is 2.33. The molecule has 1 aliphatic rings. The van der Waals surface area contributed by atoms with Crippen molar-refractivity contribution in [3.63, 3.8) is 0 Å². The number of aromatic nitrogens is 2. The van der Waals surface area contributed by atoms with E-state index >= 15 is 0 Å². The molecule has 7 nitrogen and oxygen atoms in total. The fourth-order valence-corrected chi connectivity index (χ4v) is 2.80. The van der Waals surface area contributed by atoms with Gasteiger partial charge >= 0.3 is 5.97 Å². The van der Waals surface area contributed by atoms with E-state index in [1.165, 1.54) is 4.90 Å². The summed E-state index contributed by atoms with van der Waals surface area (Å²) in [5.41, 5.74) is 2.13. The van der Waals surface area contributed by atoms with Crippen molar-refractivity contribution in [2.45, 2.75) is 26.1 Å². The van der Waals surface area contributed by atoms with E-state index in [1.807, 2.05) is 13.0 Å². The number of carbonyl (C=O) groups excluding carboxylic acids is 1. The van der Waals surface area contributed by atoms with Crippen LogP contribution in [-0.4, -0.2) is 57.4 Å². The topological polar surface area (TPSA) is 95.5 Å². The number of rotatable bonds is 2. The minimum atomic E-state index is -1.06. The van der Waals surface area contributed by atoms with E-state index in [2.05, 4.69) is 10.2 Å². The average molecular weight is 303 g/mol. The molecule has 7 heteroatoms. The lowest BCUT2D eigenvalue weighted by atomic mass is 10.1. The van der Waals surface area contributed by atoms with Crippen molar-refractivity contribution >= 4 is 22.8 Å². The van der Waals surface area contributed by atoms with Crippen molar-refractivity contribution in [2.24, 2.45) is 0 Å². The second kappa shape index (κ2) is 5.42. The highest BCUT2D eigenvalue weighted by Crippen LogP contribution is 2.22. The highest BCUT2D eigenvalue weighted by molar-refractivity contribution is 6.05. The van der Waals surface area contributed by atoms with E-state index in [4.69, 9.17) is 9.84 Å². The van der Waals surface area contributed by atoms with Gasteiger partial charge in [0.05, 0.1) is 29.9 Å². The lowest BCUT2D eigenvalue weighted by molar-refractivity contribution is -0.160. The fourth-order valence-electron chi connectivity index (χ4n) is 2.80. The molecule has 3 rings (SSSR count). The van der Waals surface area contributed by atoms with Gasteiger partial charge in [-0.2, -0.15) is 5.10 Å². The molecule has 1 amide bonds. The van der Waals surface area contributed by atoms with Crippen molar-refractivity contribution in [1.29, 1.82) is 0 Å². The van der Waals surface area contributed by atoms with Gasteiger partial charge in [-0.1, -0.05) is 0 Å². The minimum Gasteiger partial charge on any atom is -0.479 e. The number of ether oxygens (including phenoxy) is 1. The summed E-state index contributed by atoms with van der Waals surface area (Å²) >= 11 is 0. The molecule has 1 aromatic carbocycles. The number of fused-ring (bicyclic) bond motifs is 1. The van der Waals surface area contributed by atoms with Gasteiger partial charge in [0, 0.05) is 11.9 Å². The normalized spacial score (nSPS) is 22.0. The molecule has 116 valence electrons. The molecule has 1 unspecified atom stereocenters. The van der Waals surface area contributed by atoms with Gasteiger partial charge in [-0.3, -0.25) is 9.89 Å². The van der Waals surface area contributed by atoms with E-state index in [1.54, 1.807) is 19.2 Å². The summed E-state index contributed by atoms with van der Waals surface area (Å²) in [7, 11) is 0. The number of morpholine rings is 1. The van der Waals surface area contributed by atoms with E-state index in [0.29, 0.717) is 17.6 Å². The van der Waals surface area contributed by atoms with Gasteiger partial charge in [-0.25, -0.2) is 4.79 Å². The number of hydrogen-bond donors (Lipinski definition) is 2. The van der Waals surface area contributed by atoms with Crippen molar-refractivity contribution < 1.29 is 19.4 Å². The number of aromatic amines is 1. The molecule has 0 bridgehead atoms. The first kappa shape index (κ1) is 14.5. The molecule has 2 N–H and O–H groups in total. The highest BCUT2D eigenvalue weighted by atomic mass is 16.5. The maximum Gasteiger partial charge on any atom is 0.334 e. The fraction of sp³-hybridized carbons (Fsp3) is 0.400. The number of carboxylic acids is 1. The molecule has 0 aliphatic carbocycles. The molecule has 1 fully saturated rings. The van der Waals surface area contributed by atoms with Gasteiger partial charge in [0.15, 0.2) is 6.10 Å². The predicted molar refractivity (Wildman–Crippen MR) is 78.7 cm³/mol. The zero-order valence-electron chi connectivity index (χ0n) is 12.4. The SMILES string of the molecule is Cc1cc(C(=O)N2CC(C(=O)O)O[C@H](C)C2)c2[nH]ncc2c1. The number of nitrogens with one attached hydrogen (secondary N) is 1. The molecule has 0 radical (unpaired) electrons. The van der Waals surface area contributed by atoms with Crippen LogP contribution in [0.15, 0.2) is 18.3 Å². The summed E-state index contributed by atoms with van der Waals surface area (Å²) in [5.74, 6) is -1.26. The molecule has 2 heterocycles. The molecule has 22 heavy (non-hydrogen) atoms. The van der Waals surface area contributed by atoms with Gasteiger partial charge in [0.25, 0.3) is 5.91 Å². The van der Waals surface area contributed by atoms with Crippen LogP contribution in [-0.2, 0) is 9.53 Å². The van der Waals surface area contributed by atoms with Crippen molar-refractivity contribution in [3.8, 4) is 0 Å². The molecule has 2 atom stereocenters. The van der Waals surface area contributed by atoms with E-state index < -0.39 is 12.1 Å². The first-order chi connectivity index (χ1) is 10.5. The third-order valence-electron chi connectivity index (χ3n) is 3.75. The molecule has 0 spiro atoms. The van der Waals surface area contributed by atoms with Crippen LogP contribution in [0.4, 0.5) is 0 Å². The minimum absolute atomic E-state index is 0.0437. The summed E-state index contributed by atoms with van der Waals surface area (Å²) in [4.78, 5) is 25.5. The summed E-state index contributed by atoms with van der Waals surface area (Å²) in [6.45, 7) is 4.08. The molecule has 0 saturated carbocycles. The monoisotopic (exact) mass is 303 g/mol. The Morgan fingerprint density at radius 2 is 2.18 bits per heavy atom. The maximum absolute atomic E-state index is 12.8. The molecule has 1 aromatic heterocycles. The number of hydrogen-bond acceptors (Lipinski definition) is 4. The average Bonchev–Trinajstić information content (AvgIpc) is 2.92. The third-order valence-corrected chi connectivity index (χ3v) is 3.75. The Balaban J connectivity index is 1.95. The van der Waals surface area contributed by atoms with E-state index in [-0.39, 0.29) is 18.6 Å². The van der Waals surface area contributed by atoms with Crippen LogP contribution in [0.5, 0.6) is 0 Å². The van der Waals surface area contributed by atoms with Crippen LogP contribution < -0.4 is 0 Å². The van der Waals surface area contributed by atoms with Gasteiger partial charge in [0.2, 0.25) is 0 Å². The Morgan fingerprint density at radius 1 is 1.41 bits per heavy atom. The second-order valence-electron chi connectivity index (χ2n) is 5.63. The Bertz CT molecular complexity index is 739. The number of nitrogens with zero attached hydrogens (tertiary/aromatic N) is 2. The first-order valence-electron chi connectivity index (χ1n) is 7.07. The van der Waals surface area contributed by atoms with E-state index in [0.717, 1.165) is 10.9 Å². The lowest BCUT2D eigenvalue weighted by Crippen LogP contribution is -2.51. The van der Waals surface area contributed by atoms with Gasteiger partial charge in [-0.15, -0.1) is 0 Å². The van der Waals surface area contributed by atoms with Crippen LogP contribution in [0, 0.1) is 6.92 Å². The van der Waals surface area contributed by atoms with Crippen LogP contribution in [0.3, 0.4) is 0 Å². The van der Waals surface area contributed by atoms with Crippen LogP contribution in [0.1, 0.15) is 22.8 Å². The Hall–Kier alpha value is -2.41. The predicted octanol–water partition coefficient (Wildman–Crippen LogP) is 1.19. The standard InChI is InChI=1S/C15H17N3O4/c1-8-3-10-5-16-17-13(10)11(4-8)14(19)18-6-9(2)22-12(7-18)15(20)21/h3-5,9,12H,6-7H2,1-2H3,(H,16,17)(H,20,21)/t9-,12?/m1/s1. The maximum atomic E-state index is 12.8. The van der Waals surface area contributed by atoms with Crippen molar-refractivity contribution in [2.75, 3.05) is 13.1 Å². The summed E-state index contributed by atoms with van der Waals surface area (Å²) < 4.78 is 5.35. The van der Waals surface area contributed by atoms with Crippen molar-refractivity contribution in [1.82, 2.24) is 15.1 Å². The Morgan fingerprint density at radius 3 is 2.91 bits per heavy atom. The van der Waals surface area contributed by atoms with Gasteiger partial charge in [0.1, 0.15) is 0 Å². The largest absolute Gasteiger partial charge is 0.479 e. The number of aryl methyl sites for hydroxylation is 1. The van der Waals surface area contributed by atoms with Crippen LogP contribution in [0.25, 0.3) is 10.9 Å². The molecular weight excluding hydrogens is 286 g/mol. The quantitative estimate of drug-likeness (QED) is 0.868. The summed E-state index contributed by atoms with van der Waals surface area (Å²) in [5, 5.41) is 16.8. The summed E-state index contributed by atoms with van der Waals surface area (Å²) in [6.07, 6.45) is 0.358. The van der Waals surface area contributed by atoms with Gasteiger partial charge < -0.3 is 14.7 Å². The molecular formula is C15H17N3O4. The Labute approximate surface area is 126 Å². The number of carboxylic acid groups (broad SMARTS) is 1. The molecule has 1 aliphatic heterocycles. The number of carbonyl (C=O) groups is 2. The molecule has 2 aromatic rings. The van der Waals surface area contributed by atoms with Crippen LogP contribution in [0.2, 0.25) is 0 Å². The summed E-state index contributed by atoms with van der Waals surface area (Å²) in [6, 6.07) is 3.73. The number of H-pyrrole nitrogens is 1. The zero-order valence-corrected chi connectivity index (χ0v) is 12.4. The van der Waals surface area contributed by atoms with E-state index in [9.17, 15) is 9.59 Å². The second-order valence-corrected chi connectivity index (χ2v) is 5.63. The van der Waals surface area contributed by atoms with Crippen molar-refractivity contribution in [3.05, 3.63) is 29.5 Å². The first-order valence-corrected chi connectivity index (χ1v) is 7.07. The number of aliphatic carboxylic acids is 1.